The molecular formula is C9H22NO6P. The van der Waals surface area contributed by atoms with Crippen molar-refractivity contribution < 1.29 is 33.2 Å². The number of hydrogen-bond acceptors (Lipinski definition) is 6. The summed E-state index contributed by atoms with van der Waals surface area (Å²) < 4.78 is 20.9. The van der Waals surface area contributed by atoms with Crippen LogP contribution in [0.25, 0.3) is 0 Å². The second-order valence-electron chi connectivity index (χ2n) is 4.78. The molecule has 7 nitrogen and oxygen atoms in total. The molecule has 0 aromatic carbocycles. The van der Waals surface area contributed by atoms with Crippen LogP contribution in [0.4, 0.5) is 0 Å². The Kier molecular flexibility index (Phi) is 7.43. The lowest BCUT2D eigenvalue weighted by molar-refractivity contribution is -0.870. The number of aliphatic hydroxyl groups excluding tert-OH is 2. The Hall–Kier alpha value is -0.0100. The minimum atomic E-state index is -4.37. The molecule has 0 fully saturated rings. The fraction of sp³-hybridized carbons (Fsp3) is 1.00. The molecule has 0 aliphatic rings. The van der Waals surface area contributed by atoms with E-state index in [9.17, 15) is 9.46 Å². The van der Waals surface area contributed by atoms with Crippen molar-refractivity contribution in [3.05, 3.63) is 0 Å². The third-order valence-corrected chi connectivity index (χ3v) is 2.82. The number of aliphatic hydroxyl groups is 2. The van der Waals surface area contributed by atoms with Gasteiger partial charge in [-0.15, -0.1) is 0 Å². The van der Waals surface area contributed by atoms with Gasteiger partial charge in [0, 0.05) is 6.42 Å². The van der Waals surface area contributed by atoms with E-state index in [0.29, 0.717) is 6.42 Å². The monoisotopic (exact) mass is 271 g/mol. The highest BCUT2D eigenvalue weighted by molar-refractivity contribution is 7.45. The van der Waals surface area contributed by atoms with Crippen LogP contribution in [-0.2, 0) is 13.6 Å². The molecule has 17 heavy (non-hydrogen) atoms. The zero-order chi connectivity index (χ0) is 13.5. The molecule has 0 aromatic rings. The molecular weight excluding hydrogens is 249 g/mol. The Bertz CT molecular complexity index is 254. The normalized spacial score (nSPS) is 17.8. The predicted molar refractivity (Wildman–Crippen MR) is 60.1 cm³/mol. The van der Waals surface area contributed by atoms with Crippen LogP contribution in [0.15, 0.2) is 0 Å². The van der Waals surface area contributed by atoms with Crippen LogP contribution in [0.2, 0.25) is 0 Å². The smallest absolute Gasteiger partial charge is 0.267 e. The summed E-state index contributed by atoms with van der Waals surface area (Å²) in [5, 5.41) is 17.4. The van der Waals surface area contributed by atoms with Gasteiger partial charge in [-0.3, -0.25) is 4.57 Å². The van der Waals surface area contributed by atoms with Gasteiger partial charge in [0.1, 0.15) is 6.10 Å². The van der Waals surface area contributed by atoms with Crippen molar-refractivity contribution in [2.24, 2.45) is 0 Å². The van der Waals surface area contributed by atoms with E-state index in [1.807, 2.05) is 21.1 Å². The van der Waals surface area contributed by atoms with Crippen LogP contribution in [0.1, 0.15) is 6.42 Å². The molecule has 0 saturated heterocycles. The van der Waals surface area contributed by atoms with Gasteiger partial charge in [-0.2, -0.15) is 0 Å². The zero-order valence-electron chi connectivity index (χ0n) is 10.5. The highest BCUT2D eigenvalue weighted by atomic mass is 31.2. The highest BCUT2D eigenvalue weighted by Crippen LogP contribution is 2.38. The first-order valence-electron chi connectivity index (χ1n) is 5.36. The molecule has 2 N–H and O–H groups in total. The maximum Gasteiger partial charge on any atom is 0.267 e. The summed E-state index contributed by atoms with van der Waals surface area (Å²) in [5.74, 6) is 0. The number of phosphoric acid groups is 1. The van der Waals surface area contributed by atoms with Crippen LogP contribution in [-0.4, -0.2) is 68.3 Å². The first kappa shape index (κ1) is 17.0. The number of phosphoric ester groups is 1. The molecule has 0 aromatic heterocycles. The fourth-order valence-corrected chi connectivity index (χ4v) is 1.76. The second-order valence-corrected chi connectivity index (χ2v) is 6.19. The van der Waals surface area contributed by atoms with E-state index in [1.54, 1.807) is 0 Å². The predicted octanol–water partition coefficient (Wildman–Crippen LogP) is -1.06. The molecule has 0 aliphatic heterocycles. The zero-order valence-corrected chi connectivity index (χ0v) is 11.4. The molecule has 0 radical (unpaired) electrons. The summed E-state index contributed by atoms with van der Waals surface area (Å²) >= 11 is 0. The molecule has 0 heterocycles. The second kappa shape index (κ2) is 7.43. The average molecular weight is 271 g/mol. The van der Waals surface area contributed by atoms with Crippen LogP contribution < -0.4 is 4.89 Å². The summed E-state index contributed by atoms with van der Waals surface area (Å²) in [5.41, 5.74) is 0. The summed E-state index contributed by atoms with van der Waals surface area (Å²) in [7, 11) is 1.60. The van der Waals surface area contributed by atoms with Crippen molar-refractivity contribution in [1.82, 2.24) is 0 Å². The van der Waals surface area contributed by atoms with Crippen LogP contribution in [0.5, 0.6) is 0 Å². The lowest BCUT2D eigenvalue weighted by atomic mass is 10.4. The molecule has 104 valence electrons. The van der Waals surface area contributed by atoms with Crippen molar-refractivity contribution in [2.45, 2.75) is 12.5 Å². The van der Waals surface area contributed by atoms with Gasteiger partial charge in [0.2, 0.25) is 0 Å². The van der Waals surface area contributed by atoms with E-state index in [2.05, 4.69) is 9.05 Å². The lowest BCUT2D eigenvalue weighted by Gasteiger charge is -2.26. The number of hydrogen-bond donors (Lipinski definition) is 2. The topological polar surface area (TPSA) is 99.1 Å². The Labute approximate surface area is 102 Å². The maximum absolute atomic E-state index is 11.2. The summed E-state index contributed by atoms with van der Waals surface area (Å²) in [4.78, 5) is 11.2. The first-order chi connectivity index (χ1) is 7.66. The summed E-state index contributed by atoms with van der Waals surface area (Å²) in [6.45, 7) is -0.223. The van der Waals surface area contributed by atoms with E-state index in [-0.39, 0.29) is 6.61 Å². The fourth-order valence-electron chi connectivity index (χ4n) is 0.983. The molecule has 0 spiro atoms. The van der Waals surface area contributed by atoms with Gasteiger partial charge in [0.15, 0.2) is 0 Å². The minimum Gasteiger partial charge on any atom is -0.756 e. The van der Waals surface area contributed by atoms with E-state index in [0.717, 1.165) is 11.0 Å². The molecule has 2 atom stereocenters. The molecule has 8 heteroatoms. The minimum absolute atomic E-state index is 0.0471. The number of quaternary nitrogens is 1. The third-order valence-electron chi connectivity index (χ3n) is 1.86. The van der Waals surface area contributed by atoms with Gasteiger partial charge in [0.05, 0.1) is 47.5 Å². The van der Waals surface area contributed by atoms with Gasteiger partial charge < -0.3 is 28.6 Å². The largest absolute Gasteiger partial charge is 0.756 e. The Balaban J connectivity index is 3.75. The standard InChI is InChI=1S/C9H22NO6P/c1-10(2,3)5-4-6-15-17(13,14)16-8-9(12)7-11/h9,11-12H,4-8H2,1-3H3. The van der Waals surface area contributed by atoms with Gasteiger partial charge in [-0.1, -0.05) is 0 Å². The third kappa shape index (κ3) is 10.8. The van der Waals surface area contributed by atoms with Gasteiger partial charge in [0.25, 0.3) is 7.82 Å². The van der Waals surface area contributed by atoms with Crippen LogP contribution >= 0.6 is 7.82 Å². The first-order valence-corrected chi connectivity index (χ1v) is 6.82. The van der Waals surface area contributed by atoms with Crippen molar-refractivity contribution in [3.63, 3.8) is 0 Å². The number of nitrogens with zero attached hydrogens (tertiary/aromatic N) is 1. The molecule has 0 bridgehead atoms. The van der Waals surface area contributed by atoms with Crippen molar-refractivity contribution in [3.8, 4) is 0 Å². The molecule has 0 saturated carbocycles. The van der Waals surface area contributed by atoms with Gasteiger partial charge in [-0.25, -0.2) is 0 Å². The molecule has 2 unspecified atom stereocenters. The lowest BCUT2D eigenvalue weighted by Crippen LogP contribution is -2.35. The van der Waals surface area contributed by atoms with E-state index in [4.69, 9.17) is 10.2 Å². The van der Waals surface area contributed by atoms with Gasteiger partial charge >= 0.3 is 0 Å². The molecule has 0 aliphatic carbocycles. The van der Waals surface area contributed by atoms with E-state index in [1.165, 1.54) is 0 Å². The average Bonchev–Trinajstić information content (AvgIpc) is 2.20. The van der Waals surface area contributed by atoms with Crippen molar-refractivity contribution >= 4 is 7.82 Å². The SMILES string of the molecule is C[N+](C)(C)CCCOP(=O)([O-])OCC(O)CO. The summed E-state index contributed by atoms with van der Waals surface area (Å²) in [6, 6.07) is 0. The number of rotatable bonds is 9. The van der Waals surface area contributed by atoms with Crippen LogP contribution in [0.3, 0.4) is 0 Å². The highest BCUT2D eigenvalue weighted by Gasteiger charge is 2.13. The summed E-state index contributed by atoms with van der Waals surface area (Å²) in [6.07, 6.45) is -0.631. The van der Waals surface area contributed by atoms with Gasteiger partial charge in [-0.05, 0) is 0 Å². The van der Waals surface area contributed by atoms with E-state index < -0.39 is 27.1 Å². The quantitative estimate of drug-likeness (QED) is 0.315. The molecule has 0 amide bonds. The van der Waals surface area contributed by atoms with Crippen molar-refractivity contribution in [2.75, 3.05) is 47.5 Å². The van der Waals surface area contributed by atoms with E-state index >= 15 is 0 Å². The van der Waals surface area contributed by atoms with Crippen molar-refractivity contribution in [1.29, 1.82) is 0 Å². The Morgan fingerprint density at radius 2 is 1.94 bits per heavy atom. The Morgan fingerprint density at radius 1 is 1.35 bits per heavy atom. The molecule has 0 rings (SSSR count). The maximum atomic E-state index is 11.2. The van der Waals surface area contributed by atoms with Crippen LogP contribution in [0, 0.1) is 0 Å². The Morgan fingerprint density at radius 3 is 2.41 bits per heavy atom.